The second-order valence-corrected chi connectivity index (χ2v) is 8.49. The number of hydrogen-bond acceptors (Lipinski definition) is 5. The SMILES string of the molecule is COc1ccc(-n2nc3cc(C)c(NC(=S)NC(=O)c4ccc(C)c(C)c4)cc3n2)cc1Cl. The van der Waals surface area contributed by atoms with Gasteiger partial charge in [-0.05, 0) is 92.1 Å². The number of nitrogens with one attached hydrogen (secondary N) is 2. The Balaban J connectivity index is 1.53. The molecule has 4 rings (SSSR count). The number of aromatic nitrogens is 3. The summed E-state index contributed by atoms with van der Waals surface area (Å²) in [7, 11) is 1.56. The van der Waals surface area contributed by atoms with Crippen LogP contribution in [0.1, 0.15) is 27.0 Å². The van der Waals surface area contributed by atoms with Crippen LogP contribution in [0.4, 0.5) is 5.69 Å². The number of hydrogen-bond donors (Lipinski definition) is 2. The van der Waals surface area contributed by atoms with Gasteiger partial charge in [-0.2, -0.15) is 4.80 Å². The maximum Gasteiger partial charge on any atom is 0.257 e. The molecule has 0 fully saturated rings. The number of aryl methyl sites for hydroxylation is 3. The standard InChI is InChI=1S/C24H22ClN5O2S/c1-13-5-6-16(9-14(13)2)23(31)27-24(33)26-19-12-21-20(10-15(19)3)28-30(29-21)17-7-8-22(32-4)18(25)11-17/h5-12H,1-4H3,(H2,26,27,31,33). The number of rotatable bonds is 4. The quantitative estimate of drug-likeness (QED) is 0.395. The first kappa shape index (κ1) is 22.7. The van der Waals surface area contributed by atoms with Gasteiger partial charge in [0.25, 0.3) is 5.91 Å². The van der Waals surface area contributed by atoms with Crippen LogP contribution in [0, 0.1) is 20.8 Å². The molecule has 9 heteroatoms. The molecule has 0 aliphatic rings. The topological polar surface area (TPSA) is 81.1 Å². The first-order valence-electron chi connectivity index (χ1n) is 10.2. The minimum absolute atomic E-state index is 0.204. The van der Waals surface area contributed by atoms with E-state index in [0.29, 0.717) is 27.5 Å². The second-order valence-electron chi connectivity index (χ2n) is 7.67. The van der Waals surface area contributed by atoms with Gasteiger partial charge >= 0.3 is 0 Å². The van der Waals surface area contributed by atoms with Gasteiger partial charge in [-0.1, -0.05) is 17.7 Å². The third kappa shape index (κ3) is 4.81. The van der Waals surface area contributed by atoms with Crippen molar-refractivity contribution in [2.45, 2.75) is 20.8 Å². The highest BCUT2D eigenvalue weighted by atomic mass is 35.5. The van der Waals surface area contributed by atoms with Crippen LogP contribution in [0.2, 0.25) is 5.02 Å². The molecule has 0 atom stereocenters. The van der Waals surface area contributed by atoms with Crippen molar-refractivity contribution < 1.29 is 9.53 Å². The zero-order chi connectivity index (χ0) is 23.7. The van der Waals surface area contributed by atoms with E-state index in [-0.39, 0.29) is 11.0 Å². The predicted molar refractivity (Wildman–Crippen MR) is 135 cm³/mol. The molecule has 0 bridgehead atoms. The van der Waals surface area contributed by atoms with Crippen LogP contribution in [0.15, 0.2) is 48.5 Å². The van der Waals surface area contributed by atoms with Gasteiger partial charge in [0.05, 0.1) is 17.8 Å². The Bertz CT molecular complexity index is 1400. The van der Waals surface area contributed by atoms with Gasteiger partial charge < -0.3 is 10.1 Å². The van der Waals surface area contributed by atoms with E-state index in [4.69, 9.17) is 28.6 Å². The lowest BCUT2D eigenvalue weighted by atomic mass is 10.1. The Morgan fingerprint density at radius 1 is 0.970 bits per heavy atom. The summed E-state index contributed by atoms with van der Waals surface area (Å²) in [5.41, 5.74) is 6.45. The van der Waals surface area contributed by atoms with E-state index in [1.807, 2.05) is 51.1 Å². The molecular weight excluding hydrogens is 458 g/mol. The van der Waals surface area contributed by atoms with Crippen molar-refractivity contribution in [3.63, 3.8) is 0 Å². The van der Waals surface area contributed by atoms with Gasteiger partial charge in [-0.15, -0.1) is 10.2 Å². The average molecular weight is 480 g/mol. The summed E-state index contributed by atoms with van der Waals surface area (Å²) in [5, 5.41) is 15.6. The molecule has 1 heterocycles. The van der Waals surface area contributed by atoms with E-state index < -0.39 is 0 Å². The highest BCUT2D eigenvalue weighted by Gasteiger charge is 2.13. The van der Waals surface area contributed by atoms with Crippen molar-refractivity contribution in [1.82, 2.24) is 20.3 Å². The first-order valence-corrected chi connectivity index (χ1v) is 10.9. The maximum atomic E-state index is 12.6. The molecule has 0 saturated heterocycles. The predicted octanol–water partition coefficient (Wildman–Crippen LogP) is 5.13. The molecule has 0 aliphatic carbocycles. The van der Waals surface area contributed by atoms with Gasteiger partial charge in [-0.3, -0.25) is 10.1 Å². The molecule has 7 nitrogen and oxygen atoms in total. The van der Waals surface area contributed by atoms with Gasteiger partial charge in [0.1, 0.15) is 16.8 Å². The molecule has 1 aromatic heterocycles. The van der Waals surface area contributed by atoms with E-state index >= 15 is 0 Å². The summed E-state index contributed by atoms with van der Waals surface area (Å²) >= 11 is 11.6. The molecule has 1 amide bonds. The van der Waals surface area contributed by atoms with Crippen molar-refractivity contribution in [2.24, 2.45) is 0 Å². The second kappa shape index (κ2) is 9.17. The number of amides is 1. The Morgan fingerprint density at radius 2 is 1.70 bits per heavy atom. The average Bonchev–Trinajstić information content (AvgIpc) is 3.18. The number of carbonyl (C=O) groups is 1. The summed E-state index contributed by atoms with van der Waals surface area (Å²) in [6, 6.07) is 14.6. The van der Waals surface area contributed by atoms with Crippen LogP contribution in [0.25, 0.3) is 16.7 Å². The monoisotopic (exact) mass is 479 g/mol. The first-order chi connectivity index (χ1) is 15.7. The molecule has 33 heavy (non-hydrogen) atoms. The molecule has 168 valence electrons. The highest BCUT2D eigenvalue weighted by Crippen LogP contribution is 2.27. The Hall–Kier alpha value is -3.49. The maximum absolute atomic E-state index is 12.6. The molecule has 2 N–H and O–H groups in total. The van der Waals surface area contributed by atoms with Crippen molar-refractivity contribution in [3.05, 3.63) is 75.8 Å². The van der Waals surface area contributed by atoms with E-state index in [1.54, 1.807) is 25.3 Å². The number of thiocarbonyl (C=S) groups is 1. The van der Waals surface area contributed by atoms with Crippen LogP contribution in [0.5, 0.6) is 5.75 Å². The van der Waals surface area contributed by atoms with Crippen molar-refractivity contribution in [1.29, 1.82) is 0 Å². The molecule has 0 unspecified atom stereocenters. The zero-order valence-corrected chi connectivity index (χ0v) is 20.1. The van der Waals surface area contributed by atoms with Gasteiger partial charge in [0.15, 0.2) is 5.11 Å². The van der Waals surface area contributed by atoms with Gasteiger partial charge in [0.2, 0.25) is 0 Å². The largest absolute Gasteiger partial charge is 0.495 e. The van der Waals surface area contributed by atoms with E-state index in [2.05, 4.69) is 20.8 Å². The van der Waals surface area contributed by atoms with Gasteiger partial charge in [0, 0.05) is 11.3 Å². The fraction of sp³-hybridized carbons (Fsp3) is 0.167. The summed E-state index contributed by atoms with van der Waals surface area (Å²) in [6.07, 6.45) is 0. The fourth-order valence-electron chi connectivity index (χ4n) is 3.31. The number of benzene rings is 3. The number of halogens is 1. The van der Waals surface area contributed by atoms with E-state index in [9.17, 15) is 4.79 Å². The van der Waals surface area contributed by atoms with Crippen LogP contribution >= 0.6 is 23.8 Å². The number of methoxy groups -OCH3 is 1. The van der Waals surface area contributed by atoms with E-state index in [0.717, 1.165) is 27.9 Å². The van der Waals surface area contributed by atoms with Crippen molar-refractivity contribution in [3.8, 4) is 11.4 Å². The minimum atomic E-state index is -0.267. The molecule has 3 aromatic carbocycles. The lowest BCUT2D eigenvalue weighted by molar-refractivity contribution is 0.0977. The Kier molecular flexibility index (Phi) is 6.31. The summed E-state index contributed by atoms with van der Waals surface area (Å²) in [4.78, 5) is 14.1. The number of fused-ring (bicyclic) bond motifs is 1. The Morgan fingerprint density at radius 3 is 2.36 bits per heavy atom. The lowest BCUT2D eigenvalue weighted by Gasteiger charge is -2.12. The van der Waals surface area contributed by atoms with Crippen molar-refractivity contribution >= 4 is 51.6 Å². The van der Waals surface area contributed by atoms with Crippen LogP contribution in [0.3, 0.4) is 0 Å². The number of carbonyl (C=O) groups excluding carboxylic acids is 1. The molecule has 4 aromatic rings. The summed E-state index contributed by atoms with van der Waals surface area (Å²) in [6.45, 7) is 5.90. The van der Waals surface area contributed by atoms with Crippen molar-refractivity contribution in [2.75, 3.05) is 12.4 Å². The molecule has 0 radical (unpaired) electrons. The fourth-order valence-corrected chi connectivity index (χ4v) is 3.76. The van der Waals surface area contributed by atoms with Gasteiger partial charge in [-0.25, -0.2) is 0 Å². The summed E-state index contributed by atoms with van der Waals surface area (Å²) in [5.74, 6) is 0.312. The minimum Gasteiger partial charge on any atom is -0.495 e. The molecule has 0 spiro atoms. The summed E-state index contributed by atoms with van der Waals surface area (Å²) < 4.78 is 5.20. The molecular formula is C24H22ClN5O2S. The molecule has 0 aliphatic heterocycles. The normalized spacial score (nSPS) is 10.8. The smallest absolute Gasteiger partial charge is 0.257 e. The lowest BCUT2D eigenvalue weighted by Crippen LogP contribution is -2.34. The number of ether oxygens (including phenoxy) is 1. The molecule has 0 saturated carbocycles. The van der Waals surface area contributed by atoms with Crippen LogP contribution in [-0.2, 0) is 0 Å². The van der Waals surface area contributed by atoms with Crippen LogP contribution < -0.4 is 15.4 Å². The third-order valence-corrected chi connectivity index (χ3v) is 5.84. The zero-order valence-electron chi connectivity index (χ0n) is 18.6. The highest BCUT2D eigenvalue weighted by molar-refractivity contribution is 7.80. The third-order valence-electron chi connectivity index (χ3n) is 5.34. The number of anilines is 1. The number of nitrogens with zero attached hydrogens (tertiary/aromatic N) is 3. The van der Waals surface area contributed by atoms with Crippen LogP contribution in [-0.4, -0.2) is 33.1 Å². The Labute approximate surface area is 201 Å². The van der Waals surface area contributed by atoms with E-state index in [1.165, 1.54) is 4.80 Å².